The Kier molecular flexibility index (Phi) is 56.0. The molecule has 6 heteroatoms. The maximum Gasteiger partial charge on any atom is 0.305 e. The van der Waals surface area contributed by atoms with Gasteiger partial charge in [0.25, 0.3) is 0 Å². The van der Waals surface area contributed by atoms with Gasteiger partial charge in [0.1, 0.15) is 0 Å². The van der Waals surface area contributed by atoms with Crippen LogP contribution in [0.2, 0.25) is 0 Å². The van der Waals surface area contributed by atoms with Crippen molar-refractivity contribution in [2.75, 3.05) is 13.2 Å². The molecule has 6 nitrogen and oxygen atoms in total. The summed E-state index contributed by atoms with van der Waals surface area (Å²) in [6.45, 7) is 4.91. The predicted octanol–water partition coefficient (Wildman–Crippen LogP) is 18.9. The van der Waals surface area contributed by atoms with Gasteiger partial charge in [0, 0.05) is 12.8 Å². The Labute approximate surface area is 419 Å². The number of nitrogens with one attached hydrogen (secondary N) is 1. The molecule has 0 aliphatic heterocycles. The van der Waals surface area contributed by atoms with Crippen LogP contribution in [0, 0.1) is 0 Å². The van der Waals surface area contributed by atoms with E-state index in [1.165, 1.54) is 276 Å². The molecule has 0 aromatic carbocycles. The number of carbonyl (C=O) groups excluding carboxylic acids is 2. The number of rotatable bonds is 57. The molecule has 0 aromatic heterocycles. The number of esters is 1. The Bertz CT molecular complexity index is 1000. The number of aliphatic hydroxyl groups excluding tert-OH is 2. The van der Waals surface area contributed by atoms with E-state index in [1.54, 1.807) is 6.08 Å². The average Bonchev–Trinajstić information content (AvgIpc) is 3.33. The fourth-order valence-corrected chi connectivity index (χ4v) is 9.64. The number of unbranched alkanes of at least 4 members (excludes halogenated alkanes) is 46. The number of amides is 1. The Hall–Kier alpha value is -1.40. The summed E-state index contributed by atoms with van der Waals surface area (Å²) in [5.41, 5.74) is 0. The molecule has 0 heterocycles. The van der Waals surface area contributed by atoms with E-state index in [0.717, 1.165) is 38.5 Å². The van der Waals surface area contributed by atoms with Crippen LogP contribution in [0.3, 0.4) is 0 Å². The second-order valence-corrected chi connectivity index (χ2v) is 21.0. The van der Waals surface area contributed by atoms with Gasteiger partial charge in [0.15, 0.2) is 0 Å². The zero-order valence-corrected chi connectivity index (χ0v) is 45.4. The number of hydrogen-bond acceptors (Lipinski definition) is 5. The highest BCUT2D eigenvalue weighted by atomic mass is 16.5. The Balaban J connectivity index is 3.33. The van der Waals surface area contributed by atoms with Crippen molar-refractivity contribution in [3.8, 4) is 0 Å². The van der Waals surface area contributed by atoms with Crippen molar-refractivity contribution in [3.63, 3.8) is 0 Å². The smallest absolute Gasteiger partial charge is 0.305 e. The van der Waals surface area contributed by atoms with Gasteiger partial charge in [-0.15, -0.1) is 0 Å². The molecule has 0 saturated heterocycles. The summed E-state index contributed by atoms with van der Waals surface area (Å²) in [6, 6.07) is -0.625. The predicted molar refractivity (Wildman–Crippen MR) is 292 cm³/mol. The lowest BCUT2D eigenvalue weighted by atomic mass is 10.0. The summed E-state index contributed by atoms with van der Waals surface area (Å²) >= 11 is 0. The molecule has 2 atom stereocenters. The largest absolute Gasteiger partial charge is 0.466 e. The van der Waals surface area contributed by atoms with Crippen LogP contribution in [-0.4, -0.2) is 47.4 Å². The van der Waals surface area contributed by atoms with Gasteiger partial charge in [-0.2, -0.15) is 0 Å². The molecule has 0 fully saturated rings. The second-order valence-electron chi connectivity index (χ2n) is 21.0. The summed E-state index contributed by atoms with van der Waals surface area (Å²) < 4.78 is 5.50. The van der Waals surface area contributed by atoms with Crippen molar-refractivity contribution in [1.82, 2.24) is 5.32 Å². The molecule has 0 radical (unpaired) electrons. The quantitative estimate of drug-likeness (QED) is 0.0321. The van der Waals surface area contributed by atoms with Gasteiger partial charge in [0.2, 0.25) is 5.91 Å². The molecule has 2 unspecified atom stereocenters. The normalized spacial score (nSPS) is 12.6. The molecule has 0 rings (SSSR count). The van der Waals surface area contributed by atoms with E-state index in [9.17, 15) is 19.8 Å². The number of carbonyl (C=O) groups is 2. The van der Waals surface area contributed by atoms with E-state index >= 15 is 0 Å². The van der Waals surface area contributed by atoms with Gasteiger partial charge < -0.3 is 20.3 Å². The third-order valence-corrected chi connectivity index (χ3v) is 14.3. The van der Waals surface area contributed by atoms with Gasteiger partial charge in [-0.3, -0.25) is 9.59 Å². The highest BCUT2D eigenvalue weighted by Crippen LogP contribution is 2.18. The molecule has 0 spiro atoms. The minimum atomic E-state index is -0.841. The van der Waals surface area contributed by atoms with E-state index in [4.69, 9.17) is 4.74 Å². The lowest BCUT2D eigenvalue weighted by Gasteiger charge is -2.20. The first kappa shape index (κ1) is 65.6. The van der Waals surface area contributed by atoms with Gasteiger partial charge in [-0.25, -0.2) is 0 Å². The van der Waals surface area contributed by atoms with E-state index in [-0.39, 0.29) is 18.5 Å². The topological polar surface area (TPSA) is 95.9 Å². The van der Waals surface area contributed by atoms with Crippen molar-refractivity contribution in [2.45, 2.75) is 353 Å². The first-order chi connectivity index (χ1) is 33.0. The monoisotopic (exact) mass is 946 g/mol. The van der Waals surface area contributed by atoms with Gasteiger partial charge in [-0.1, -0.05) is 309 Å². The van der Waals surface area contributed by atoms with Crippen molar-refractivity contribution in [2.24, 2.45) is 0 Å². The van der Waals surface area contributed by atoms with Crippen LogP contribution in [0.1, 0.15) is 341 Å². The molecule has 0 aromatic rings. The van der Waals surface area contributed by atoms with Gasteiger partial charge >= 0.3 is 5.97 Å². The lowest BCUT2D eigenvalue weighted by Crippen LogP contribution is -2.45. The molecule has 0 saturated carbocycles. The van der Waals surface area contributed by atoms with E-state index in [2.05, 4.69) is 19.2 Å². The molecule has 1 amide bonds. The van der Waals surface area contributed by atoms with Crippen LogP contribution >= 0.6 is 0 Å². The van der Waals surface area contributed by atoms with Gasteiger partial charge in [0.05, 0.1) is 25.4 Å². The summed E-state index contributed by atoms with van der Waals surface area (Å²) in [5, 5.41) is 23.0. The number of allylic oxidation sites excluding steroid dienone is 1. The summed E-state index contributed by atoms with van der Waals surface area (Å²) in [6.07, 6.45) is 68.3. The number of ether oxygens (including phenoxy) is 1. The van der Waals surface area contributed by atoms with Crippen LogP contribution in [0.5, 0.6) is 0 Å². The number of hydrogen-bond donors (Lipinski definition) is 3. The van der Waals surface area contributed by atoms with Crippen LogP contribution < -0.4 is 5.32 Å². The maximum atomic E-state index is 12.4. The highest BCUT2D eigenvalue weighted by molar-refractivity contribution is 5.76. The standard InChI is InChI=1S/C61H119NO5/c1-3-5-7-9-11-13-15-16-17-25-29-32-35-39-43-47-51-55-61(66)67-56-52-48-44-40-36-33-30-27-24-22-20-18-19-21-23-26-28-31-34-38-42-46-50-54-60(65)62-58(57-63)59(64)53-49-45-41-37-14-12-10-8-6-4-2/h49,53,58-59,63-64H,3-48,50-52,54-57H2,1-2H3,(H,62,65)/b53-49+. The lowest BCUT2D eigenvalue weighted by molar-refractivity contribution is -0.143. The van der Waals surface area contributed by atoms with E-state index in [1.807, 2.05) is 6.08 Å². The van der Waals surface area contributed by atoms with E-state index < -0.39 is 12.1 Å². The zero-order valence-electron chi connectivity index (χ0n) is 45.4. The molecule has 0 aliphatic carbocycles. The van der Waals surface area contributed by atoms with Crippen LogP contribution in [0.4, 0.5) is 0 Å². The molecule has 0 aliphatic rings. The van der Waals surface area contributed by atoms with Crippen molar-refractivity contribution >= 4 is 11.9 Å². The Morgan fingerprint density at radius 2 is 0.687 bits per heavy atom. The Morgan fingerprint density at radius 3 is 1.01 bits per heavy atom. The van der Waals surface area contributed by atoms with E-state index in [0.29, 0.717) is 19.4 Å². The highest BCUT2D eigenvalue weighted by Gasteiger charge is 2.18. The first-order valence-corrected chi connectivity index (χ1v) is 30.5. The third kappa shape index (κ3) is 53.8. The van der Waals surface area contributed by atoms with Crippen LogP contribution in [0.25, 0.3) is 0 Å². The maximum absolute atomic E-state index is 12.4. The third-order valence-electron chi connectivity index (χ3n) is 14.3. The fraction of sp³-hybridized carbons (Fsp3) is 0.934. The first-order valence-electron chi connectivity index (χ1n) is 30.5. The van der Waals surface area contributed by atoms with Crippen molar-refractivity contribution in [3.05, 3.63) is 12.2 Å². The van der Waals surface area contributed by atoms with Crippen molar-refractivity contribution < 1.29 is 24.5 Å². The van der Waals surface area contributed by atoms with Crippen LogP contribution in [0.15, 0.2) is 12.2 Å². The molecular formula is C61H119NO5. The molecule has 67 heavy (non-hydrogen) atoms. The second kappa shape index (κ2) is 57.2. The summed E-state index contributed by atoms with van der Waals surface area (Å²) in [5.74, 6) is -0.0498. The average molecular weight is 947 g/mol. The SMILES string of the molecule is CCCCCCCCCC/C=C/C(O)C(CO)NC(=O)CCCCCCCCCCCCCCCCCCCCCCCCCOC(=O)CCCCCCCCCCCCCCCCCCC. The summed E-state index contributed by atoms with van der Waals surface area (Å²) in [4.78, 5) is 24.5. The Morgan fingerprint density at radius 1 is 0.403 bits per heavy atom. The molecule has 0 bridgehead atoms. The minimum absolute atomic E-state index is 0.0182. The number of aliphatic hydroxyl groups is 2. The molecule has 3 N–H and O–H groups in total. The van der Waals surface area contributed by atoms with Crippen LogP contribution in [-0.2, 0) is 14.3 Å². The van der Waals surface area contributed by atoms with Crippen molar-refractivity contribution in [1.29, 1.82) is 0 Å². The summed E-state index contributed by atoms with van der Waals surface area (Å²) in [7, 11) is 0. The molecule has 398 valence electrons. The van der Waals surface area contributed by atoms with Gasteiger partial charge in [-0.05, 0) is 32.1 Å². The fourth-order valence-electron chi connectivity index (χ4n) is 9.64. The zero-order chi connectivity index (χ0) is 48.6. The minimum Gasteiger partial charge on any atom is -0.466 e. The molecular weight excluding hydrogens is 827 g/mol.